The molecule has 0 radical (unpaired) electrons. The smallest absolute Gasteiger partial charge is 0.277 e. The van der Waals surface area contributed by atoms with Gasteiger partial charge in [-0.25, -0.2) is 0 Å². The van der Waals surface area contributed by atoms with Gasteiger partial charge >= 0.3 is 0 Å². The Morgan fingerprint density at radius 1 is 1.35 bits per heavy atom. The molecule has 104 valence electrons. The Labute approximate surface area is 116 Å². The van der Waals surface area contributed by atoms with Crippen molar-refractivity contribution < 1.29 is 4.92 Å². The van der Waals surface area contributed by atoms with Gasteiger partial charge in [0.1, 0.15) is 0 Å². The Hall–Kier alpha value is -2.21. The first-order chi connectivity index (χ1) is 9.59. The van der Waals surface area contributed by atoms with Gasteiger partial charge in [-0.3, -0.25) is 15.1 Å². The van der Waals surface area contributed by atoms with Crippen LogP contribution in [0.5, 0.6) is 0 Å². The zero-order valence-electron chi connectivity index (χ0n) is 11.0. The second-order valence-electron chi connectivity index (χ2n) is 5.38. The molecule has 0 saturated heterocycles. The number of nitro benzene ring substituents is 1. The Morgan fingerprint density at radius 3 is 2.80 bits per heavy atom. The van der Waals surface area contributed by atoms with E-state index in [1.165, 1.54) is 12.5 Å². The third kappa shape index (κ3) is 2.18. The third-order valence-corrected chi connectivity index (χ3v) is 3.97. The molecular formula is C14H16N4O2. The third-order valence-electron chi connectivity index (χ3n) is 3.97. The van der Waals surface area contributed by atoms with Gasteiger partial charge in [0.25, 0.3) is 5.69 Å². The number of nitro groups is 1. The average Bonchev–Trinajstić information content (AvgIpc) is 2.42. The Bertz CT molecular complexity index is 667. The summed E-state index contributed by atoms with van der Waals surface area (Å²) in [6.45, 7) is 0.675. The maximum Gasteiger partial charge on any atom is 0.277 e. The van der Waals surface area contributed by atoms with Crippen molar-refractivity contribution in [2.45, 2.75) is 24.8 Å². The van der Waals surface area contributed by atoms with Crippen molar-refractivity contribution >= 4 is 22.1 Å². The predicted molar refractivity (Wildman–Crippen MR) is 77.7 cm³/mol. The van der Waals surface area contributed by atoms with Crippen LogP contribution in [-0.4, -0.2) is 22.0 Å². The Kier molecular flexibility index (Phi) is 3.02. The number of nitrogens with one attached hydrogen (secondary N) is 1. The fourth-order valence-corrected chi connectivity index (χ4v) is 2.57. The zero-order valence-corrected chi connectivity index (χ0v) is 11.0. The van der Waals surface area contributed by atoms with Crippen LogP contribution >= 0.6 is 0 Å². The van der Waals surface area contributed by atoms with E-state index in [-0.39, 0.29) is 16.1 Å². The van der Waals surface area contributed by atoms with Crippen LogP contribution in [0.2, 0.25) is 0 Å². The molecule has 0 atom stereocenters. The van der Waals surface area contributed by atoms with Gasteiger partial charge in [-0.15, -0.1) is 0 Å². The van der Waals surface area contributed by atoms with Gasteiger partial charge in [0.05, 0.1) is 10.3 Å². The molecule has 3 N–H and O–H groups in total. The standard InChI is InChI=1S/C14H16N4O2/c15-14(5-1-6-14)9-17-12-2-3-13(18(19)20)10-4-7-16-8-11(10)12/h2-4,7-8,17H,1,5-6,9,15H2. The number of fused-ring (bicyclic) bond motifs is 1. The number of nitrogens with zero attached hydrogens (tertiary/aromatic N) is 2. The number of nitrogens with two attached hydrogens (primary N) is 1. The van der Waals surface area contributed by atoms with Crippen LogP contribution in [0.3, 0.4) is 0 Å². The van der Waals surface area contributed by atoms with Crippen molar-refractivity contribution in [3.8, 4) is 0 Å². The lowest BCUT2D eigenvalue weighted by atomic mass is 9.78. The highest BCUT2D eigenvalue weighted by Crippen LogP contribution is 2.33. The molecule has 1 aromatic carbocycles. The SMILES string of the molecule is NC1(CNc2ccc([N+](=O)[O-])c3ccncc23)CCC1. The summed E-state index contributed by atoms with van der Waals surface area (Å²) >= 11 is 0. The van der Waals surface area contributed by atoms with Gasteiger partial charge in [0.2, 0.25) is 0 Å². The predicted octanol–water partition coefficient (Wildman–Crippen LogP) is 2.44. The lowest BCUT2D eigenvalue weighted by molar-refractivity contribution is -0.383. The minimum Gasteiger partial charge on any atom is -0.383 e. The second kappa shape index (κ2) is 4.72. The summed E-state index contributed by atoms with van der Waals surface area (Å²) in [5.74, 6) is 0. The molecule has 2 aromatic rings. The summed E-state index contributed by atoms with van der Waals surface area (Å²) in [6.07, 6.45) is 6.41. The number of benzene rings is 1. The molecule has 6 nitrogen and oxygen atoms in total. The van der Waals surface area contributed by atoms with Crippen molar-refractivity contribution in [1.29, 1.82) is 0 Å². The van der Waals surface area contributed by atoms with Gasteiger partial charge in [0, 0.05) is 41.6 Å². The average molecular weight is 272 g/mol. The van der Waals surface area contributed by atoms with E-state index < -0.39 is 0 Å². The van der Waals surface area contributed by atoms with Crippen LogP contribution in [-0.2, 0) is 0 Å². The monoisotopic (exact) mass is 272 g/mol. The highest BCUT2D eigenvalue weighted by molar-refractivity contribution is 5.99. The van der Waals surface area contributed by atoms with E-state index in [1.54, 1.807) is 24.5 Å². The van der Waals surface area contributed by atoms with Crippen molar-refractivity contribution in [1.82, 2.24) is 4.98 Å². The number of hydrogen-bond donors (Lipinski definition) is 2. The normalized spacial score (nSPS) is 16.6. The number of non-ortho nitro benzene ring substituents is 1. The molecular weight excluding hydrogens is 256 g/mol. The number of hydrogen-bond acceptors (Lipinski definition) is 5. The largest absolute Gasteiger partial charge is 0.383 e. The van der Waals surface area contributed by atoms with Crippen LogP contribution in [0.4, 0.5) is 11.4 Å². The molecule has 3 rings (SSSR count). The van der Waals surface area contributed by atoms with Gasteiger partial charge < -0.3 is 11.1 Å². The van der Waals surface area contributed by atoms with Crippen molar-refractivity contribution in [3.05, 3.63) is 40.7 Å². The molecule has 1 heterocycles. The van der Waals surface area contributed by atoms with E-state index in [9.17, 15) is 10.1 Å². The first kappa shape index (κ1) is 12.8. The quantitative estimate of drug-likeness (QED) is 0.658. The first-order valence-electron chi connectivity index (χ1n) is 6.63. The molecule has 1 saturated carbocycles. The summed E-state index contributed by atoms with van der Waals surface area (Å²) in [5.41, 5.74) is 6.98. The molecule has 0 amide bonds. The highest BCUT2D eigenvalue weighted by Gasteiger charge is 2.32. The van der Waals surface area contributed by atoms with Crippen LogP contribution in [0.25, 0.3) is 10.8 Å². The van der Waals surface area contributed by atoms with Crippen molar-refractivity contribution in [3.63, 3.8) is 0 Å². The van der Waals surface area contributed by atoms with Gasteiger partial charge in [-0.05, 0) is 31.4 Å². The number of aromatic nitrogens is 1. The topological polar surface area (TPSA) is 94.1 Å². The van der Waals surface area contributed by atoms with E-state index in [4.69, 9.17) is 5.73 Å². The minimum atomic E-state index is -0.373. The van der Waals surface area contributed by atoms with Crippen LogP contribution in [0.1, 0.15) is 19.3 Å². The lowest BCUT2D eigenvalue weighted by Crippen LogP contribution is -2.51. The number of rotatable bonds is 4. The second-order valence-corrected chi connectivity index (χ2v) is 5.38. The maximum atomic E-state index is 11.0. The van der Waals surface area contributed by atoms with E-state index >= 15 is 0 Å². The van der Waals surface area contributed by atoms with Gasteiger partial charge in [-0.2, -0.15) is 0 Å². The van der Waals surface area contributed by atoms with E-state index in [1.807, 2.05) is 0 Å². The molecule has 1 aliphatic carbocycles. The Balaban J connectivity index is 1.95. The van der Waals surface area contributed by atoms with Crippen LogP contribution < -0.4 is 11.1 Å². The van der Waals surface area contributed by atoms with Gasteiger partial charge in [0.15, 0.2) is 0 Å². The van der Waals surface area contributed by atoms with E-state index in [0.29, 0.717) is 11.9 Å². The molecule has 1 aromatic heterocycles. The van der Waals surface area contributed by atoms with Crippen LogP contribution in [0, 0.1) is 10.1 Å². The first-order valence-corrected chi connectivity index (χ1v) is 6.63. The Morgan fingerprint density at radius 2 is 2.15 bits per heavy atom. The maximum absolute atomic E-state index is 11.0. The fourth-order valence-electron chi connectivity index (χ4n) is 2.57. The molecule has 0 bridgehead atoms. The summed E-state index contributed by atoms with van der Waals surface area (Å²) < 4.78 is 0. The van der Waals surface area contributed by atoms with E-state index in [0.717, 1.165) is 23.9 Å². The minimum absolute atomic E-state index is 0.0963. The lowest BCUT2D eigenvalue weighted by Gasteiger charge is -2.38. The summed E-state index contributed by atoms with van der Waals surface area (Å²) in [6, 6.07) is 4.92. The van der Waals surface area contributed by atoms with Gasteiger partial charge in [-0.1, -0.05) is 0 Å². The summed E-state index contributed by atoms with van der Waals surface area (Å²) in [5, 5.41) is 15.7. The molecule has 20 heavy (non-hydrogen) atoms. The van der Waals surface area contributed by atoms with Crippen molar-refractivity contribution in [2.75, 3.05) is 11.9 Å². The molecule has 1 fully saturated rings. The number of anilines is 1. The molecule has 0 unspecified atom stereocenters. The molecule has 1 aliphatic rings. The summed E-state index contributed by atoms with van der Waals surface area (Å²) in [7, 11) is 0. The summed E-state index contributed by atoms with van der Waals surface area (Å²) in [4.78, 5) is 14.7. The molecule has 0 aliphatic heterocycles. The number of pyridine rings is 1. The zero-order chi connectivity index (χ0) is 14.2. The van der Waals surface area contributed by atoms with E-state index in [2.05, 4.69) is 10.3 Å². The highest BCUT2D eigenvalue weighted by atomic mass is 16.6. The fraction of sp³-hybridized carbons (Fsp3) is 0.357. The molecule has 0 spiro atoms. The van der Waals surface area contributed by atoms with Crippen molar-refractivity contribution in [2.24, 2.45) is 5.73 Å². The molecule has 6 heteroatoms. The van der Waals surface area contributed by atoms with Crippen LogP contribution in [0.15, 0.2) is 30.6 Å².